The van der Waals surface area contributed by atoms with Gasteiger partial charge in [0.1, 0.15) is 12.1 Å². The molecule has 1 saturated heterocycles. The fourth-order valence-corrected chi connectivity index (χ4v) is 2.43. The van der Waals surface area contributed by atoms with Gasteiger partial charge in [0.05, 0.1) is 0 Å². The number of aromatic nitrogens is 4. The third kappa shape index (κ3) is 2.23. The summed E-state index contributed by atoms with van der Waals surface area (Å²) in [5.41, 5.74) is 0.0137. The van der Waals surface area contributed by atoms with Crippen molar-refractivity contribution in [3.05, 3.63) is 18.1 Å². The van der Waals surface area contributed by atoms with E-state index in [2.05, 4.69) is 20.0 Å². The van der Waals surface area contributed by atoms with Gasteiger partial charge in [-0.05, 0) is 12.8 Å². The van der Waals surface area contributed by atoms with E-state index in [0.717, 1.165) is 31.7 Å². The van der Waals surface area contributed by atoms with Crippen LogP contribution < -0.4 is 4.90 Å². The number of carboxylic acid groups (broad SMARTS) is 1. The Bertz CT molecular complexity index is 601. The van der Waals surface area contributed by atoms with Gasteiger partial charge in [0.25, 0.3) is 5.78 Å². The molecule has 3 rings (SSSR count). The summed E-state index contributed by atoms with van der Waals surface area (Å²) in [5.74, 6) is 0.0579. The molecule has 0 unspecified atom stereocenters. The third-order valence-electron chi connectivity index (χ3n) is 3.38. The molecule has 0 atom stereocenters. The first kappa shape index (κ1) is 11.9. The van der Waals surface area contributed by atoms with Crippen LogP contribution in [0.25, 0.3) is 5.78 Å². The summed E-state index contributed by atoms with van der Waals surface area (Å²) in [6, 6.07) is 1.58. The highest BCUT2D eigenvalue weighted by atomic mass is 16.4. The van der Waals surface area contributed by atoms with E-state index in [1.54, 1.807) is 10.6 Å². The van der Waals surface area contributed by atoms with Gasteiger partial charge in [-0.15, -0.1) is 0 Å². The van der Waals surface area contributed by atoms with Gasteiger partial charge >= 0.3 is 5.97 Å². The summed E-state index contributed by atoms with van der Waals surface area (Å²) in [5, 5.41) is 13.3. The maximum absolute atomic E-state index is 11.1. The molecular weight excluding hydrogens is 246 g/mol. The highest BCUT2D eigenvalue weighted by molar-refractivity contribution is 5.86. The molecule has 0 aliphatic carbocycles. The van der Waals surface area contributed by atoms with Crippen LogP contribution >= 0.6 is 0 Å². The smallest absolute Gasteiger partial charge is 0.354 e. The zero-order valence-corrected chi connectivity index (χ0v) is 10.5. The Balaban J connectivity index is 2.09. The van der Waals surface area contributed by atoms with Crippen molar-refractivity contribution >= 4 is 17.6 Å². The molecule has 0 saturated carbocycles. The van der Waals surface area contributed by atoms with Gasteiger partial charge in [0.15, 0.2) is 5.69 Å². The zero-order chi connectivity index (χ0) is 13.2. The largest absolute Gasteiger partial charge is 0.477 e. The van der Waals surface area contributed by atoms with Crippen molar-refractivity contribution in [3.8, 4) is 0 Å². The third-order valence-corrected chi connectivity index (χ3v) is 3.38. The van der Waals surface area contributed by atoms with E-state index >= 15 is 0 Å². The summed E-state index contributed by atoms with van der Waals surface area (Å²) in [6.45, 7) is 1.83. The second-order valence-corrected chi connectivity index (χ2v) is 4.68. The molecule has 100 valence electrons. The van der Waals surface area contributed by atoms with Gasteiger partial charge in [-0.25, -0.2) is 9.78 Å². The van der Waals surface area contributed by atoms with E-state index in [1.165, 1.54) is 19.2 Å². The lowest BCUT2D eigenvalue weighted by atomic mass is 10.2. The number of nitrogens with zero attached hydrogens (tertiary/aromatic N) is 5. The molecule has 2 aromatic heterocycles. The summed E-state index contributed by atoms with van der Waals surface area (Å²) >= 11 is 0. The Labute approximate surface area is 109 Å². The molecule has 19 heavy (non-hydrogen) atoms. The number of carbonyl (C=O) groups is 1. The molecule has 3 heterocycles. The normalized spacial score (nSPS) is 16.5. The highest BCUT2D eigenvalue weighted by Crippen LogP contribution is 2.20. The standard InChI is InChI=1S/C12H15N5O2/c18-11(19)9-7-10(16-5-3-1-2-4-6-16)17-12(15-9)13-8-14-17/h7-8H,1-6H2,(H,18,19). The molecule has 7 heteroatoms. The first-order valence-electron chi connectivity index (χ1n) is 6.45. The lowest BCUT2D eigenvalue weighted by molar-refractivity contribution is 0.0690. The molecule has 1 aliphatic rings. The van der Waals surface area contributed by atoms with E-state index in [1.807, 2.05) is 0 Å². The van der Waals surface area contributed by atoms with Crippen molar-refractivity contribution in [3.63, 3.8) is 0 Å². The monoisotopic (exact) mass is 261 g/mol. The molecule has 0 amide bonds. The van der Waals surface area contributed by atoms with Gasteiger partial charge in [-0.1, -0.05) is 12.8 Å². The van der Waals surface area contributed by atoms with Crippen LogP contribution in [0, 0.1) is 0 Å². The van der Waals surface area contributed by atoms with Crippen molar-refractivity contribution in [2.75, 3.05) is 18.0 Å². The Hall–Kier alpha value is -2.18. The molecule has 0 aromatic carbocycles. The van der Waals surface area contributed by atoms with Crippen LogP contribution in [-0.4, -0.2) is 43.7 Å². The molecular formula is C12H15N5O2. The summed E-state index contributed by atoms with van der Waals surface area (Å²) < 4.78 is 1.61. The molecule has 0 bridgehead atoms. The Morgan fingerprint density at radius 1 is 1.21 bits per heavy atom. The lowest BCUT2D eigenvalue weighted by Gasteiger charge is -2.22. The summed E-state index contributed by atoms with van der Waals surface area (Å²) in [7, 11) is 0. The molecule has 7 nitrogen and oxygen atoms in total. The predicted molar refractivity (Wildman–Crippen MR) is 68.4 cm³/mol. The minimum absolute atomic E-state index is 0.0137. The molecule has 0 spiro atoms. The van der Waals surface area contributed by atoms with Gasteiger partial charge in [-0.3, -0.25) is 0 Å². The van der Waals surface area contributed by atoms with Crippen LogP contribution in [0.1, 0.15) is 36.2 Å². The van der Waals surface area contributed by atoms with E-state index in [9.17, 15) is 4.79 Å². The fraction of sp³-hybridized carbons (Fsp3) is 0.500. The van der Waals surface area contributed by atoms with Crippen molar-refractivity contribution in [2.24, 2.45) is 0 Å². The minimum Gasteiger partial charge on any atom is -0.477 e. The Morgan fingerprint density at radius 3 is 2.63 bits per heavy atom. The van der Waals surface area contributed by atoms with Crippen LogP contribution in [0.3, 0.4) is 0 Å². The van der Waals surface area contributed by atoms with Crippen molar-refractivity contribution in [1.82, 2.24) is 19.6 Å². The fourth-order valence-electron chi connectivity index (χ4n) is 2.43. The van der Waals surface area contributed by atoms with Crippen LogP contribution in [0.15, 0.2) is 12.4 Å². The topological polar surface area (TPSA) is 83.6 Å². The molecule has 1 fully saturated rings. The summed E-state index contributed by atoms with van der Waals surface area (Å²) in [4.78, 5) is 21.3. The number of hydrogen-bond donors (Lipinski definition) is 1. The number of fused-ring (bicyclic) bond motifs is 1. The number of hydrogen-bond acceptors (Lipinski definition) is 5. The van der Waals surface area contributed by atoms with Crippen LogP contribution in [0.5, 0.6) is 0 Å². The number of anilines is 1. The van der Waals surface area contributed by atoms with Crippen LogP contribution in [-0.2, 0) is 0 Å². The second kappa shape index (κ2) is 4.83. The first-order valence-corrected chi connectivity index (χ1v) is 6.45. The predicted octanol–water partition coefficient (Wildman–Crippen LogP) is 1.20. The average molecular weight is 261 g/mol. The molecule has 1 N–H and O–H groups in total. The van der Waals surface area contributed by atoms with Crippen molar-refractivity contribution in [1.29, 1.82) is 0 Å². The van der Waals surface area contributed by atoms with Crippen molar-refractivity contribution in [2.45, 2.75) is 25.7 Å². The zero-order valence-electron chi connectivity index (χ0n) is 10.5. The lowest BCUT2D eigenvalue weighted by Crippen LogP contribution is -2.27. The van der Waals surface area contributed by atoms with E-state index in [4.69, 9.17) is 5.11 Å². The van der Waals surface area contributed by atoms with Gasteiger partial charge < -0.3 is 10.0 Å². The average Bonchev–Trinajstić information content (AvgIpc) is 2.71. The minimum atomic E-state index is -1.04. The second-order valence-electron chi connectivity index (χ2n) is 4.68. The maximum Gasteiger partial charge on any atom is 0.354 e. The van der Waals surface area contributed by atoms with Crippen molar-refractivity contribution < 1.29 is 9.90 Å². The first-order chi connectivity index (χ1) is 9.25. The quantitative estimate of drug-likeness (QED) is 0.874. The van der Waals surface area contributed by atoms with Crippen LogP contribution in [0.2, 0.25) is 0 Å². The SMILES string of the molecule is O=C(O)c1cc(N2CCCCCC2)n2ncnc2n1. The van der Waals surface area contributed by atoms with E-state index in [0.29, 0.717) is 5.78 Å². The van der Waals surface area contributed by atoms with Gasteiger partial charge in [-0.2, -0.15) is 14.6 Å². The molecule has 0 radical (unpaired) electrons. The summed E-state index contributed by atoms with van der Waals surface area (Å²) in [6.07, 6.45) is 6.05. The molecule has 2 aromatic rings. The van der Waals surface area contributed by atoms with E-state index < -0.39 is 5.97 Å². The van der Waals surface area contributed by atoms with Crippen LogP contribution in [0.4, 0.5) is 5.82 Å². The Kier molecular flexibility index (Phi) is 3.02. The molecule has 1 aliphatic heterocycles. The van der Waals surface area contributed by atoms with E-state index in [-0.39, 0.29) is 5.69 Å². The number of aromatic carboxylic acids is 1. The Morgan fingerprint density at radius 2 is 1.95 bits per heavy atom. The maximum atomic E-state index is 11.1. The number of carboxylic acids is 1. The van der Waals surface area contributed by atoms with Gasteiger partial charge in [0, 0.05) is 19.2 Å². The van der Waals surface area contributed by atoms with Gasteiger partial charge in [0.2, 0.25) is 0 Å². The number of rotatable bonds is 2. The highest BCUT2D eigenvalue weighted by Gasteiger charge is 2.18.